The van der Waals surface area contributed by atoms with Gasteiger partial charge in [-0.3, -0.25) is 4.72 Å². The van der Waals surface area contributed by atoms with Crippen molar-refractivity contribution in [2.45, 2.75) is 11.8 Å². The van der Waals surface area contributed by atoms with E-state index in [0.717, 1.165) is 6.07 Å². The molecule has 4 nitrogen and oxygen atoms in total. The lowest BCUT2D eigenvalue weighted by molar-refractivity contribution is 0.486. The fourth-order valence-corrected chi connectivity index (χ4v) is 3.10. The van der Waals surface area contributed by atoms with Gasteiger partial charge in [0.15, 0.2) is 11.6 Å². The number of anilines is 2. The Hall–Kier alpha value is -1.86. The number of nitrogen functional groups attached to an aromatic ring is 1. The largest absolute Gasteiger partial charge is 0.399 e. The number of aryl methyl sites for hydroxylation is 1. The van der Waals surface area contributed by atoms with Crippen LogP contribution < -0.4 is 10.5 Å². The zero-order valence-electron chi connectivity index (χ0n) is 10.8. The quantitative estimate of drug-likeness (QED) is 0.847. The highest BCUT2D eigenvalue weighted by atomic mass is 35.5. The molecule has 0 bridgehead atoms. The van der Waals surface area contributed by atoms with Crippen LogP contribution in [0.5, 0.6) is 0 Å². The predicted molar refractivity (Wildman–Crippen MR) is 77.8 cm³/mol. The van der Waals surface area contributed by atoms with Gasteiger partial charge >= 0.3 is 0 Å². The summed E-state index contributed by atoms with van der Waals surface area (Å²) in [7, 11) is -4.33. The Morgan fingerprint density at radius 2 is 1.86 bits per heavy atom. The van der Waals surface area contributed by atoms with Crippen molar-refractivity contribution in [2.75, 3.05) is 10.5 Å². The van der Waals surface area contributed by atoms with Crippen LogP contribution in [0.15, 0.2) is 35.2 Å². The molecule has 21 heavy (non-hydrogen) atoms. The molecule has 0 unspecified atom stereocenters. The molecule has 0 atom stereocenters. The highest BCUT2D eigenvalue weighted by molar-refractivity contribution is 7.92. The predicted octanol–water partition coefficient (Wildman–Crippen LogP) is 3.31. The molecular formula is C13H11ClF2N2O2S. The van der Waals surface area contributed by atoms with Crippen molar-refractivity contribution < 1.29 is 17.2 Å². The minimum Gasteiger partial charge on any atom is -0.399 e. The number of sulfonamides is 1. The number of benzene rings is 2. The summed E-state index contributed by atoms with van der Waals surface area (Å²) in [6.07, 6.45) is 0. The summed E-state index contributed by atoms with van der Waals surface area (Å²) in [4.78, 5) is -0.862. The molecule has 2 rings (SSSR count). The van der Waals surface area contributed by atoms with Crippen molar-refractivity contribution in [3.8, 4) is 0 Å². The second-order valence-electron chi connectivity index (χ2n) is 4.38. The van der Waals surface area contributed by atoms with Gasteiger partial charge in [0.2, 0.25) is 0 Å². The Morgan fingerprint density at radius 1 is 1.19 bits per heavy atom. The molecule has 0 saturated carbocycles. The first-order valence-electron chi connectivity index (χ1n) is 5.74. The normalized spacial score (nSPS) is 11.4. The number of hydrogen-bond acceptors (Lipinski definition) is 3. The lowest BCUT2D eigenvalue weighted by Gasteiger charge is -2.12. The molecule has 8 heteroatoms. The first-order valence-corrected chi connectivity index (χ1v) is 7.60. The zero-order valence-corrected chi connectivity index (χ0v) is 12.4. The maximum Gasteiger partial charge on any atom is 0.265 e. The monoisotopic (exact) mass is 332 g/mol. The molecule has 3 N–H and O–H groups in total. The van der Waals surface area contributed by atoms with Crippen LogP contribution in [0.25, 0.3) is 0 Å². The van der Waals surface area contributed by atoms with Gasteiger partial charge in [0, 0.05) is 10.7 Å². The molecule has 0 radical (unpaired) electrons. The molecule has 0 aromatic heterocycles. The first kappa shape index (κ1) is 15.5. The molecule has 0 fully saturated rings. The molecule has 0 heterocycles. The number of rotatable bonds is 3. The molecule has 2 aromatic carbocycles. The summed E-state index contributed by atoms with van der Waals surface area (Å²) in [6.45, 7) is 1.64. The molecule has 112 valence electrons. The van der Waals surface area contributed by atoms with Gasteiger partial charge in [0.25, 0.3) is 10.0 Å². The van der Waals surface area contributed by atoms with Crippen LogP contribution in [0.4, 0.5) is 20.2 Å². The van der Waals surface area contributed by atoms with Gasteiger partial charge < -0.3 is 5.73 Å². The van der Waals surface area contributed by atoms with E-state index in [4.69, 9.17) is 17.3 Å². The SMILES string of the molecule is Cc1ccc(Cl)cc1NS(=O)(=O)c1cc(N)cc(F)c1F. The Bertz CT molecular complexity index is 810. The molecule has 2 aromatic rings. The maximum atomic E-state index is 13.7. The third-order valence-electron chi connectivity index (χ3n) is 2.75. The highest BCUT2D eigenvalue weighted by Crippen LogP contribution is 2.26. The highest BCUT2D eigenvalue weighted by Gasteiger charge is 2.23. The van der Waals surface area contributed by atoms with Crippen LogP contribution in [0.2, 0.25) is 5.02 Å². The maximum absolute atomic E-state index is 13.7. The van der Waals surface area contributed by atoms with Gasteiger partial charge in [-0.15, -0.1) is 0 Å². The summed E-state index contributed by atoms with van der Waals surface area (Å²) < 4.78 is 53.5. The fourth-order valence-electron chi connectivity index (χ4n) is 1.68. The standard InChI is InChI=1S/C13H11ClF2N2O2S/c1-7-2-3-8(14)4-11(7)18-21(19,20)12-6-9(17)5-10(15)13(12)16/h2-6,18H,17H2,1H3. The first-order chi connectivity index (χ1) is 9.70. The van der Waals surface area contributed by atoms with Crippen molar-refractivity contribution in [2.24, 2.45) is 0 Å². The Kier molecular flexibility index (Phi) is 4.06. The van der Waals surface area contributed by atoms with E-state index < -0.39 is 26.6 Å². The summed E-state index contributed by atoms with van der Waals surface area (Å²) in [5.74, 6) is -2.82. The van der Waals surface area contributed by atoms with E-state index in [-0.39, 0.29) is 11.4 Å². The number of nitrogens with two attached hydrogens (primary N) is 1. The van der Waals surface area contributed by atoms with Crippen molar-refractivity contribution in [3.63, 3.8) is 0 Å². The third kappa shape index (κ3) is 3.25. The van der Waals surface area contributed by atoms with Gasteiger partial charge in [-0.05, 0) is 36.8 Å². The van der Waals surface area contributed by atoms with Crippen LogP contribution in [0.3, 0.4) is 0 Å². The summed E-state index contributed by atoms with van der Waals surface area (Å²) in [6, 6.07) is 6.10. The van der Waals surface area contributed by atoms with Crippen LogP contribution in [0, 0.1) is 18.6 Å². The van der Waals surface area contributed by atoms with E-state index >= 15 is 0 Å². The second kappa shape index (κ2) is 5.50. The molecule has 0 saturated heterocycles. The molecule has 0 amide bonds. The van der Waals surface area contributed by atoms with Crippen LogP contribution >= 0.6 is 11.6 Å². The zero-order chi connectivity index (χ0) is 15.8. The second-order valence-corrected chi connectivity index (χ2v) is 6.47. The van der Waals surface area contributed by atoms with Gasteiger partial charge in [-0.2, -0.15) is 0 Å². The molecule has 0 aliphatic rings. The number of hydrogen-bond donors (Lipinski definition) is 2. The van der Waals surface area contributed by atoms with Gasteiger partial charge in [-0.25, -0.2) is 17.2 Å². The Balaban J connectivity index is 2.51. The smallest absolute Gasteiger partial charge is 0.265 e. The van der Waals surface area contributed by atoms with Crippen LogP contribution in [-0.4, -0.2) is 8.42 Å². The lowest BCUT2D eigenvalue weighted by Crippen LogP contribution is -2.16. The van der Waals surface area contributed by atoms with E-state index in [1.54, 1.807) is 19.1 Å². The summed E-state index contributed by atoms with van der Waals surface area (Å²) >= 11 is 5.78. The molecule has 0 aliphatic heterocycles. The lowest BCUT2D eigenvalue weighted by atomic mass is 10.2. The number of halogens is 3. The summed E-state index contributed by atoms with van der Waals surface area (Å²) in [5, 5.41) is 0.303. The van der Waals surface area contributed by atoms with E-state index in [2.05, 4.69) is 4.72 Å². The summed E-state index contributed by atoms with van der Waals surface area (Å²) in [5.41, 5.74) is 5.90. The number of nitrogens with one attached hydrogen (secondary N) is 1. The minimum atomic E-state index is -4.33. The van der Waals surface area contributed by atoms with E-state index in [0.29, 0.717) is 16.7 Å². The van der Waals surface area contributed by atoms with E-state index in [1.165, 1.54) is 6.07 Å². The van der Waals surface area contributed by atoms with Crippen molar-refractivity contribution >= 4 is 33.0 Å². The van der Waals surface area contributed by atoms with E-state index in [1.807, 2.05) is 0 Å². The topological polar surface area (TPSA) is 72.2 Å². The van der Waals surface area contributed by atoms with E-state index in [9.17, 15) is 17.2 Å². The third-order valence-corrected chi connectivity index (χ3v) is 4.35. The fraction of sp³-hybridized carbons (Fsp3) is 0.0769. The molecule has 0 spiro atoms. The van der Waals surface area contributed by atoms with Crippen molar-refractivity contribution in [3.05, 3.63) is 52.6 Å². The van der Waals surface area contributed by atoms with Gasteiger partial charge in [-0.1, -0.05) is 17.7 Å². The van der Waals surface area contributed by atoms with Gasteiger partial charge in [0.05, 0.1) is 5.69 Å². The van der Waals surface area contributed by atoms with Crippen LogP contribution in [0.1, 0.15) is 5.56 Å². The van der Waals surface area contributed by atoms with Crippen molar-refractivity contribution in [1.29, 1.82) is 0 Å². The average Bonchev–Trinajstić information content (AvgIpc) is 2.37. The van der Waals surface area contributed by atoms with Crippen molar-refractivity contribution in [1.82, 2.24) is 0 Å². The minimum absolute atomic E-state index is 0.171. The molecular weight excluding hydrogens is 322 g/mol. The average molecular weight is 333 g/mol. The van der Waals surface area contributed by atoms with Gasteiger partial charge in [0.1, 0.15) is 4.90 Å². The molecule has 0 aliphatic carbocycles. The van der Waals surface area contributed by atoms with Crippen LogP contribution in [-0.2, 0) is 10.0 Å². The Labute approximate surface area is 125 Å². The Morgan fingerprint density at radius 3 is 2.52 bits per heavy atom.